The predicted molar refractivity (Wildman–Crippen MR) is 123 cm³/mol. The minimum atomic E-state index is -0.400. The summed E-state index contributed by atoms with van der Waals surface area (Å²) in [7, 11) is 0. The molecule has 1 aliphatic heterocycles. The van der Waals surface area contributed by atoms with E-state index in [-0.39, 0.29) is 0 Å². The van der Waals surface area contributed by atoms with Gasteiger partial charge in [0.2, 0.25) is 0 Å². The van der Waals surface area contributed by atoms with E-state index >= 15 is 0 Å². The zero-order valence-corrected chi connectivity index (χ0v) is 18.6. The third kappa shape index (κ3) is 6.19. The number of carbonyl (C=O) groups is 1. The monoisotopic (exact) mass is 425 g/mol. The van der Waals surface area contributed by atoms with Gasteiger partial charge in [-0.3, -0.25) is 10.0 Å². The van der Waals surface area contributed by atoms with Gasteiger partial charge >= 0.3 is 0 Å². The number of hydrogen-bond donors (Lipinski definition) is 2. The van der Waals surface area contributed by atoms with Gasteiger partial charge in [-0.15, -0.1) is 0 Å². The quantitative estimate of drug-likeness (QED) is 0.355. The molecule has 0 spiro atoms. The van der Waals surface area contributed by atoms with Crippen LogP contribution < -0.4 is 5.48 Å². The Morgan fingerprint density at radius 1 is 1.07 bits per heavy atom. The molecule has 1 amide bonds. The van der Waals surface area contributed by atoms with Gasteiger partial charge in [0.25, 0.3) is 5.91 Å². The van der Waals surface area contributed by atoms with E-state index in [4.69, 9.17) is 5.21 Å². The van der Waals surface area contributed by atoms with E-state index in [1.807, 2.05) is 6.08 Å². The number of likely N-dealkylation sites (N-methyl/N-ethyl adjacent to an activating group) is 1. The average Bonchev–Trinajstić information content (AvgIpc) is 2.81. The molecule has 6 heteroatoms. The Morgan fingerprint density at radius 2 is 1.70 bits per heavy atom. The van der Waals surface area contributed by atoms with Gasteiger partial charge in [-0.2, -0.15) is 0 Å². The van der Waals surface area contributed by atoms with Crippen molar-refractivity contribution in [1.29, 1.82) is 0 Å². The van der Waals surface area contributed by atoms with Crippen molar-refractivity contribution in [2.45, 2.75) is 31.6 Å². The van der Waals surface area contributed by atoms with Gasteiger partial charge in [0.1, 0.15) is 0 Å². The number of benzene rings is 2. The van der Waals surface area contributed by atoms with Crippen LogP contribution in [0.2, 0.25) is 0 Å². The number of hydroxylamine groups is 1. The summed E-state index contributed by atoms with van der Waals surface area (Å²) in [5.74, 6) is -0.400. The number of nitrogens with one attached hydrogen (secondary N) is 1. The first-order valence-electron chi connectivity index (χ1n) is 10.6. The summed E-state index contributed by atoms with van der Waals surface area (Å²) >= 11 is 1.70. The molecule has 0 bridgehead atoms. The largest absolute Gasteiger partial charge is 0.304 e. The number of rotatable bonds is 9. The molecule has 2 N–H and O–H groups in total. The van der Waals surface area contributed by atoms with Crippen LogP contribution in [0.5, 0.6) is 0 Å². The van der Waals surface area contributed by atoms with Gasteiger partial charge in [-0.1, -0.05) is 56.3 Å². The summed E-state index contributed by atoms with van der Waals surface area (Å²) < 4.78 is 2.22. The van der Waals surface area contributed by atoms with Crippen molar-refractivity contribution in [2.24, 2.45) is 0 Å². The van der Waals surface area contributed by atoms with Crippen LogP contribution in [-0.4, -0.2) is 53.0 Å². The molecule has 1 aliphatic rings. The number of hydrogen-bond acceptors (Lipinski definition) is 5. The Morgan fingerprint density at radius 3 is 2.23 bits per heavy atom. The second-order valence-corrected chi connectivity index (χ2v) is 8.57. The molecule has 3 rings (SSSR count). The van der Waals surface area contributed by atoms with Gasteiger partial charge in [-0.05, 0) is 66.7 Å². The maximum absolute atomic E-state index is 11.5. The number of amides is 1. The first-order chi connectivity index (χ1) is 14.6. The van der Waals surface area contributed by atoms with Gasteiger partial charge < -0.3 is 4.90 Å². The third-order valence-electron chi connectivity index (χ3n) is 5.55. The molecular formula is C24H31N3O2S. The van der Waals surface area contributed by atoms with Gasteiger partial charge in [0.05, 0.1) is 0 Å². The van der Waals surface area contributed by atoms with Crippen LogP contribution in [0.25, 0.3) is 11.1 Å². The smallest absolute Gasteiger partial charge is 0.270 e. The van der Waals surface area contributed by atoms with E-state index in [9.17, 15) is 4.79 Å². The Balaban J connectivity index is 1.54. The highest BCUT2D eigenvalue weighted by Crippen LogP contribution is 2.28. The Labute approximate surface area is 183 Å². The summed E-state index contributed by atoms with van der Waals surface area (Å²) in [5, 5.41) is 8.73. The molecule has 2 aromatic rings. The zero-order valence-electron chi connectivity index (χ0n) is 17.8. The first-order valence-corrected chi connectivity index (χ1v) is 11.4. The van der Waals surface area contributed by atoms with E-state index in [2.05, 4.69) is 71.6 Å². The average molecular weight is 426 g/mol. The highest BCUT2D eigenvalue weighted by molar-refractivity contribution is 7.97. The van der Waals surface area contributed by atoms with Crippen molar-refractivity contribution in [3.8, 4) is 11.1 Å². The summed E-state index contributed by atoms with van der Waals surface area (Å²) in [4.78, 5) is 15.1. The van der Waals surface area contributed by atoms with E-state index in [1.54, 1.807) is 17.4 Å². The van der Waals surface area contributed by atoms with Gasteiger partial charge in [0, 0.05) is 30.1 Å². The highest BCUT2D eigenvalue weighted by Gasteiger charge is 2.17. The topological polar surface area (TPSA) is 55.8 Å². The van der Waals surface area contributed by atoms with E-state index in [0.717, 1.165) is 32.6 Å². The van der Waals surface area contributed by atoms with E-state index in [0.29, 0.717) is 18.5 Å². The molecule has 30 heavy (non-hydrogen) atoms. The van der Waals surface area contributed by atoms with Crippen LogP contribution in [0.3, 0.4) is 0 Å². The molecule has 1 heterocycles. The molecule has 0 aromatic heterocycles. The molecule has 160 valence electrons. The van der Waals surface area contributed by atoms with Gasteiger partial charge in [-0.25, -0.2) is 9.79 Å². The van der Waals surface area contributed by atoms with Crippen LogP contribution in [0.1, 0.15) is 25.8 Å². The third-order valence-corrected chi connectivity index (χ3v) is 6.63. The fourth-order valence-electron chi connectivity index (χ4n) is 3.56. The fourth-order valence-corrected chi connectivity index (χ4v) is 4.45. The molecular weight excluding hydrogens is 394 g/mol. The summed E-state index contributed by atoms with van der Waals surface area (Å²) in [6.07, 6.45) is 3.60. The highest BCUT2D eigenvalue weighted by atomic mass is 32.2. The molecule has 0 unspecified atom stereocenters. The van der Waals surface area contributed by atoms with E-state index in [1.165, 1.54) is 21.6 Å². The van der Waals surface area contributed by atoms with Crippen LogP contribution >= 0.6 is 11.9 Å². The van der Waals surface area contributed by atoms with Crippen LogP contribution in [0.15, 0.2) is 65.1 Å². The lowest BCUT2D eigenvalue weighted by molar-refractivity contribution is -0.125. The molecule has 0 aliphatic carbocycles. The van der Waals surface area contributed by atoms with Gasteiger partial charge in [0.15, 0.2) is 0 Å². The lowest BCUT2D eigenvalue weighted by Gasteiger charge is -2.24. The van der Waals surface area contributed by atoms with Crippen molar-refractivity contribution < 1.29 is 10.0 Å². The van der Waals surface area contributed by atoms with Crippen molar-refractivity contribution in [2.75, 3.05) is 32.7 Å². The fraction of sp³-hybridized carbons (Fsp3) is 0.375. The molecule has 0 radical (unpaired) electrons. The normalized spacial score (nSPS) is 14.6. The second-order valence-electron chi connectivity index (χ2n) is 7.40. The van der Waals surface area contributed by atoms with Crippen molar-refractivity contribution in [1.82, 2.24) is 14.7 Å². The standard InChI is InChI=1S/C24H31N3O2S/c1-3-26(4-2)16-13-19-5-7-20(8-6-19)21-9-11-23(12-10-21)30-27-17-14-22(15-18-27)24(28)25-29/h5-12,14,29H,3-4,13,15-18H2,1-2H3,(H,25,28). The predicted octanol–water partition coefficient (Wildman–Crippen LogP) is 4.38. The Bertz CT molecular complexity index is 846. The number of carbonyl (C=O) groups excluding carboxylic acids is 1. The Hall–Kier alpha value is -2.12. The van der Waals surface area contributed by atoms with Crippen LogP contribution in [0.4, 0.5) is 0 Å². The van der Waals surface area contributed by atoms with Crippen molar-refractivity contribution >= 4 is 17.9 Å². The Kier molecular flexibility index (Phi) is 8.51. The molecule has 0 fully saturated rings. The van der Waals surface area contributed by atoms with Crippen molar-refractivity contribution in [3.63, 3.8) is 0 Å². The minimum absolute atomic E-state index is 0.400. The SMILES string of the molecule is CCN(CC)CCc1ccc(-c2ccc(SN3CC=C(C(=O)NO)CC3)cc2)cc1. The molecule has 0 saturated carbocycles. The molecule has 0 saturated heterocycles. The first kappa shape index (κ1) is 22.6. The molecule has 0 atom stereocenters. The summed E-state index contributed by atoms with van der Waals surface area (Å²) in [6.45, 7) is 9.20. The second kappa shape index (κ2) is 11.3. The lowest BCUT2D eigenvalue weighted by Crippen LogP contribution is -2.29. The minimum Gasteiger partial charge on any atom is -0.304 e. The number of nitrogens with zero attached hydrogens (tertiary/aromatic N) is 2. The zero-order chi connectivity index (χ0) is 21.3. The van der Waals surface area contributed by atoms with Crippen LogP contribution in [0, 0.1) is 0 Å². The lowest BCUT2D eigenvalue weighted by atomic mass is 10.0. The van der Waals surface area contributed by atoms with Crippen LogP contribution in [-0.2, 0) is 11.2 Å². The summed E-state index contributed by atoms with van der Waals surface area (Å²) in [5.41, 5.74) is 6.18. The maximum atomic E-state index is 11.5. The summed E-state index contributed by atoms with van der Waals surface area (Å²) in [6, 6.07) is 17.5. The van der Waals surface area contributed by atoms with E-state index < -0.39 is 5.91 Å². The molecule has 2 aromatic carbocycles. The molecule has 5 nitrogen and oxygen atoms in total. The maximum Gasteiger partial charge on any atom is 0.270 e. The van der Waals surface area contributed by atoms with Crippen molar-refractivity contribution in [3.05, 3.63) is 65.7 Å².